The van der Waals surface area contributed by atoms with Gasteiger partial charge in [0.2, 0.25) is 5.91 Å². The Bertz CT molecular complexity index is 575. The standard InChI is InChI=1S/C17H24F3N3O/c1-2-8-22-14-7-6-12(17(18,19)20)10-15(14)23-16(24)9-11-4-3-5-13(11)21/h6-7,10-11,13,22H,2-5,8-9,21H2,1H3,(H,23,24)/t11-,13+/m0/s1. The molecule has 1 amide bonds. The fourth-order valence-corrected chi connectivity index (χ4v) is 3.00. The Balaban J connectivity index is 2.13. The molecule has 134 valence electrons. The van der Waals surface area contributed by atoms with E-state index < -0.39 is 11.7 Å². The Morgan fingerprint density at radius 3 is 2.62 bits per heavy atom. The third-order valence-corrected chi connectivity index (χ3v) is 4.35. The number of rotatable bonds is 6. The highest BCUT2D eigenvalue weighted by Gasteiger charge is 2.31. The highest BCUT2D eigenvalue weighted by molar-refractivity contribution is 5.94. The molecule has 2 atom stereocenters. The first kappa shape index (κ1) is 18.6. The van der Waals surface area contributed by atoms with E-state index in [-0.39, 0.29) is 30.0 Å². The highest BCUT2D eigenvalue weighted by Crippen LogP contribution is 2.34. The smallest absolute Gasteiger partial charge is 0.383 e. The topological polar surface area (TPSA) is 67.1 Å². The average Bonchev–Trinajstić information content (AvgIpc) is 2.90. The van der Waals surface area contributed by atoms with Crippen LogP contribution in [-0.2, 0) is 11.0 Å². The van der Waals surface area contributed by atoms with Crippen LogP contribution in [0.5, 0.6) is 0 Å². The van der Waals surface area contributed by atoms with Crippen LogP contribution in [0.1, 0.15) is 44.6 Å². The van der Waals surface area contributed by atoms with Crippen LogP contribution in [-0.4, -0.2) is 18.5 Å². The zero-order valence-electron chi connectivity index (χ0n) is 13.7. The number of carbonyl (C=O) groups is 1. The van der Waals surface area contributed by atoms with Gasteiger partial charge in [-0.15, -0.1) is 0 Å². The predicted molar refractivity (Wildman–Crippen MR) is 88.8 cm³/mol. The van der Waals surface area contributed by atoms with Crippen molar-refractivity contribution in [2.24, 2.45) is 11.7 Å². The molecule has 1 aliphatic carbocycles. The van der Waals surface area contributed by atoms with E-state index >= 15 is 0 Å². The second-order valence-electron chi connectivity index (χ2n) is 6.29. The van der Waals surface area contributed by atoms with Crippen LogP contribution in [0.25, 0.3) is 0 Å². The summed E-state index contributed by atoms with van der Waals surface area (Å²) in [5.41, 5.74) is 5.83. The minimum Gasteiger partial charge on any atom is -0.383 e. The van der Waals surface area contributed by atoms with Crippen molar-refractivity contribution in [3.05, 3.63) is 23.8 Å². The molecule has 1 aromatic carbocycles. The molecule has 1 aromatic rings. The van der Waals surface area contributed by atoms with Crippen molar-refractivity contribution in [1.29, 1.82) is 0 Å². The summed E-state index contributed by atoms with van der Waals surface area (Å²) >= 11 is 0. The number of nitrogens with one attached hydrogen (secondary N) is 2. The third kappa shape index (κ3) is 4.87. The molecular weight excluding hydrogens is 319 g/mol. The SMILES string of the molecule is CCCNc1ccc(C(F)(F)F)cc1NC(=O)C[C@@H]1CCC[C@H]1N. The molecule has 24 heavy (non-hydrogen) atoms. The molecule has 0 unspecified atom stereocenters. The van der Waals surface area contributed by atoms with Crippen molar-refractivity contribution in [1.82, 2.24) is 0 Å². The lowest BCUT2D eigenvalue weighted by Crippen LogP contribution is -2.28. The molecule has 1 aliphatic rings. The van der Waals surface area contributed by atoms with E-state index in [2.05, 4.69) is 10.6 Å². The number of hydrogen-bond donors (Lipinski definition) is 3. The summed E-state index contributed by atoms with van der Waals surface area (Å²) in [6.07, 6.45) is -0.610. The Labute approximate surface area is 140 Å². The zero-order valence-corrected chi connectivity index (χ0v) is 13.7. The molecule has 1 fully saturated rings. The van der Waals surface area contributed by atoms with Crippen molar-refractivity contribution < 1.29 is 18.0 Å². The monoisotopic (exact) mass is 343 g/mol. The van der Waals surface area contributed by atoms with Crippen LogP contribution in [0.4, 0.5) is 24.5 Å². The molecule has 0 heterocycles. The van der Waals surface area contributed by atoms with Gasteiger partial charge in [0.15, 0.2) is 0 Å². The van der Waals surface area contributed by atoms with E-state index in [0.29, 0.717) is 12.2 Å². The molecule has 7 heteroatoms. The molecule has 4 nitrogen and oxygen atoms in total. The molecule has 0 aromatic heterocycles. The Kier molecular flexibility index (Phi) is 6.10. The van der Waals surface area contributed by atoms with Gasteiger partial charge in [-0.2, -0.15) is 13.2 Å². The molecule has 1 saturated carbocycles. The normalized spacial score (nSPS) is 20.9. The van der Waals surface area contributed by atoms with Gasteiger partial charge in [-0.05, 0) is 43.4 Å². The first-order valence-corrected chi connectivity index (χ1v) is 8.31. The van der Waals surface area contributed by atoms with Crippen LogP contribution >= 0.6 is 0 Å². The first-order valence-electron chi connectivity index (χ1n) is 8.31. The molecule has 0 saturated heterocycles. The largest absolute Gasteiger partial charge is 0.416 e. The van der Waals surface area contributed by atoms with Gasteiger partial charge in [0.25, 0.3) is 0 Å². The van der Waals surface area contributed by atoms with E-state index in [1.165, 1.54) is 6.07 Å². The summed E-state index contributed by atoms with van der Waals surface area (Å²) in [6, 6.07) is 3.34. The van der Waals surface area contributed by atoms with Gasteiger partial charge in [-0.3, -0.25) is 4.79 Å². The number of nitrogens with two attached hydrogens (primary N) is 1. The summed E-state index contributed by atoms with van der Waals surface area (Å²) in [5, 5.41) is 5.66. The van der Waals surface area contributed by atoms with E-state index in [1.54, 1.807) is 0 Å². The van der Waals surface area contributed by atoms with Crippen LogP contribution in [0, 0.1) is 5.92 Å². The van der Waals surface area contributed by atoms with Gasteiger partial charge in [-0.1, -0.05) is 13.3 Å². The van der Waals surface area contributed by atoms with E-state index in [9.17, 15) is 18.0 Å². The third-order valence-electron chi connectivity index (χ3n) is 4.35. The Morgan fingerprint density at radius 1 is 1.29 bits per heavy atom. The summed E-state index contributed by atoms with van der Waals surface area (Å²) < 4.78 is 38.8. The quantitative estimate of drug-likeness (QED) is 0.732. The van der Waals surface area contributed by atoms with Crippen LogP contribution in [0.3, 0.4) is 0 Å². The van der Waals surface area contributed by atoms with Gasteiger partial charge >= 0.3 is 6.18 Å². The fraction of sp³-hybridized carbons (Fsp3) is 0.588. The average molecular weight is 343 g/mol. The lowest BCUT2D eigenvalue weighted by Gasteiger charge is -2.18. The van der Waals surface area contributed by atoms with Gasteiger partial charge in [0, 0.05) is 19.0 Å². The van der Waals surface area contributed by atoms with Gasteiger partial charge in [0.05, 0.1) is 16.9 Å². The minimum absolute atomic E-state index is 0.00468. The highest BCUT2D eigenvalue weighted by atomic mass is 19.4. The maximum absolute atomic E-state index is 12.9. The van der Waals surface area contributed by atoms with Crippen LogP contribution in [0.2, 0.25) is 0 Å². The number of carbonyl (C=O) groups excluding carboxylic acids is 1. The summed E-state index contributed by atoms with van der Waals surface area (Å²) in [6.45, 7) is 2.57. The fourth-order valence-electron chi connectivity index (χ4n) is 3.00. The lowest BCUT2D eigenvalue weighted by atomic mass is 10.00. The number of halogens is 3. The molecule has 0 spiro atoms. The molecular formula is C17H24F3N3O. The molecule has 0 radical (unpaired) electrons. The second kappa shape index (κ2) is 7.88. The second-order valence-corrected chi connectivity index (χ2v) is 6.29. The summed E-state index contributed by atoms with van der Waals surface area (Å²) in [7, 11) is 0. The van der Waals surface area contributed by atoms with E-state index in [1.807, 2.05) is 6.92 Å². The number of anilines is 2. The zero-order chi connectivity index (χ0) is 17.7. The number of amides is 1. The summed E-state index contributed by atoms with van der Waals surface area (Å²) in [4.78, 5) is 12.2. The Hall–Kier alpha value is -1.76. The number of hydrogen-bond acceptors (Lipinski definition) is 3. The summed E-state index contributed by atoms with van der Waals surface area (Å²) in [5.74, 6) is -0.195. The Morgan fingerprint density at radius 2 is 2.04 bits per heavy atom. The van der Waals surface area contributed by atoms with Crippen molar-refractivity contribution in [3.8, 4) is 0 Å². The van der Waals surface area contributed by atoms with E-state index in [4.69, 9.17) is 5.73 Å². The van der Waals surface area contributed by atoms with Crippen LogP contribution in [0.15, 0.2) is 18.2 Å². The van der Waals surface area contributed by atoms with Crippen molar-refractivity contribution >= 4 is 17.3 Å². The number of alkyl halides is 3. The van der Waals surface area contributed by atoms with Crippen LogP contribution < -0.4 is 16.4 Å². The molecule has 0 bridgehead atoms. The van der Waals surface area contributed by atoms with E-state index in [0.717, 1.165) is 37.8 Å². The van der Waals surface area contributed by atoms with Gasteiger partial charge in [0.1, 0.15) is 0 Å². The maximum Gasteiger partial charge on any atom is 0.416 e. The number of benzene rings is 1. The van der Waals surface area contributed by atoms with Crippen molar-refractivity contribution in [2.75, 3.05) is 17.2 Å². The molecule has 4 N–H and O–H groups in total. The van der Waals surface area contributed by atoms with Crippen molar-refractivity contribution in [3.63, 3.8) is 0 Å². The lowest BCUT2D eigenvalue weighted by molar-refractivity contribution is -0.137. The molecule has 2 rings (SSSR count). The first-order chi connectivity index (χ1) is 11.3. The minimum atomic E-state index is -4.45. The predicted octanol–water partition coefficient (Wildman–Crippen LogP) is 3.98. The van der Waals surface area contributed by atoms with Gasteiger partial charge < -0.3 is 16.4 Å². The van der Waals surface area contributed by atoms with Gasteiger partial charge in [-0.25, -0.2) is 0 Å². The molecule has 0 aliphatic heterocycles. The maximum atomic E-state index is 12.9. The van der Waals surface area contributed by atoms with Crippen molar-refractivity contribution in [2.45, 2.75) is 51.2 Å².